The Morgan fingerprint density at radius 3 is 3.00 bits per heavy atom. The molecular formula is C16H20BrNO2. The molecule has 0 radical (unpaired) electrons. The first-order chi connectivity index (χ1) is 9.79. The highest BCUT2D eigenvalue weighted by Crippen LogP contribution is 2.19. The number of alkyl halides is 1. The van der Waals surface area contributed by atoms with Gasteiger partial charge in [-0.25, -0.2) is 0 Å². The third kappa shape index (κ3) is 4.67. The molecule has 1 N–H and O–H groups in total. The van der Waals surface area contributed by atoms with Crippen LogP contribution >= 0.6 is 15.9 Å². The van der Waals surface area contributed by atoms with Gasteiger partial charge in [0.1, 0.15) is 11.3 Å². The van der Waals surface area contributed by atoms with Gasteiger partial charge in [0.15, 0.2) is 0 Å². The Morgan fingerprint density at radius 2 is 2.25 bits per heavy atom. The summed E-state index contributed by atoms with van der Waals surface area (Å²) in [6.07, 6.45) is 8.24. The van der Waals surface area contributed by atoms with Crippen LogP contribution in [0, 0.1) is 0 Å². The quantitative estimate of drug-likeness (QED) is 0.628. The summed E-state index contributed by atoms with van der Waals surface area (Å²) in [6.45, 7) is 0.703. The topological polar surface area (TPSA) is 38.3 Å². The lowest BCUT2D eigenvalue weighted by Crippen LogP contribution is -2.24. The Kier molecular flexibility index (Phi) is 6.12. The monoisotopic (exact) mass is 337 g/mol. The van der Waals surface area contributed by atoms with E-state index in [0.717, 1.165) is 6.42 Å². The van der Waals surface area contributed by atoms with E-state index in [1.54, 1.807) is 12.1 Å². The molecule has 0 aliphatic heterocycles. The Balaban J connectivity index is 1.82. The second-order valence-corrected chi connectivity index (χ2v) is 5.35. The van der Waals surface area contributed by atoms with Gasteiger partial charge in [0.2, 0.25) is 0 Å². The van der Waals surface area contributed by atoms with E-state index in [0.29, 0.717) is 23.4 Å². The Morgan fingerprint density at radius 1 is 1.35 bits per heavy atom. The van der Waals surface area contributed by atoms with Crippen LogP contribution in [-0.2, 0) is 0 Å². The van der Waals surface area contributed by atoms with Crippen molar-refractivity contribution in [2.45, 2.75) is 32.1 Å². The Labute approximate surface area is 128 Å². The van der Waals surface area contributed by atoms with Crippen LogP contribution < -0.4 is 10.1 Å². The molecule has 1 aromatic carbocycles. The fourth-order valence-corrected chi connectivity index (χ4v) is 2.62. The molecular weight excluding hydrogens is 318 g/mol. The van der Waals surface area contributed by atoms with Gasteiger partial charge in [-0.1, -0.05) is 17.7 Å². The summed E-state index contributed by atoms with van der Waals surface area (Å²) in [5.41, 5.74) is 2.54. The first-order valence-electron chi connectivity index (χ1n) is 7.04. The molecule has 1 amide bonds. The van der Waals surface area contributed by atoms with Crippen molar-refractivity contribution in [2.75, 3.05) is 12.1 Å². The molecule has 20 heavy (non-hydrogen) atoms. The molecule has 0 bridgehead atoms. The molecule has 0 fully saturated rings. The van der Waals surface area contributed by atoms with E-state index in [-0.39, 0.29) is 5.91 Å². The number of ether oxygens (including phenoxy) is 1. The second kappa shape index (κ2) is 8.10. The zero-order valence-electron chi connectivity index (χ0n) is 11.5. The maximum absolute atomic E-state index is 12.0. The van der Waals surface area contributed by atoms with E-state index in [2.05, 4.69) is 27.3 Å². The molecule has 4 heteroatoms. The van der Waals surface area contributed by atoms with E-state index in [1.165, 1.54) is 31.3 Å². The molecule has 3 nitrogen and oxygen atoms in total. The molecule has 1 aliphatic rings. The summed E-state index contributed by atoms with van der Waals surface area (Å²) in [5, 5.41) is 2.97. The predicted octanol–water partition coefficient (Wildman–Crippen LogP) is 4.04. The van der Waals surface area contributed by atoms with Gasteiger partial charge in [0.25, 0.3) is 5.91 Å². The van der Waals surface area contributed by atoms with E-state index < -0.39 is 0 Å². The number of hydrogen-bond acceptors (Lipinski definition) is 2. The predicted molar refractivity (Wildman–Crippen MR) is 84.4 cm³/mol. The fourth-order valence-electron chi connectivity index (χ4n) is 2.36. The van der Waals surface area contributed by atoms with E-state index in [1.807, 2.05) is 12.1 Å². The van der Waals surface area contributed by atoms with Crippen LogP contribution in [0.3, 0.4) is 0 Å². The van der Waals surface area contributed by atoms with Crippen molar-refractivity contribution in [2.24, 2.45) is 0 Å². The van der Waals surface area contributed by atoms with Crippen molar-refractivity contribution in [3.05, 3.63) is 41.5 Å². The highest BCUT2D eigenvalue weighted by atomic mass is 79.9. The fraction of sp³-hybridized carbons (Fsp3) is 0.438. The third-order valence-electron chi connectivity index (χ3n) is 3.43. The number of allylic oxidation sites excluding steroid dienone is 1. The minimum Gasteiger partial charge on any atom is -0.482 e. The van der Waals surface area contributed by atoms with Gasteiger partial charge in [-0.05, 0) is 66.2 Å². The summed E-state index contributed by atoms with van der Waals surface area (Å²) in [6, 6.07) is 7.23. The van der Waals surface area contributed by atoms with Crippen molar-refractivity contribution in [1.29, 1.82) is 0 Å². The van der Waals surface area contributed by atoms with Crippen LogP contribution in [0.5, 0.6) is 5.75 Å². The van der Waals surface area contributed by atoms with E-state index in [4.69, 9.17) is 4.74 Å². The molecule has 108 valence electrons. The zero-order valence-corrected chi connectivity index (χ0v) is 13.1. The Bertz CT molecular complexity index is 485. The summed E-state index contributed by atoms with van der Waals surface area (Å²) in [7, 11) is 0. The summed E-state index contributed by atoms with van der Waals surface area (Å²) < 4.78 is 5.32. The molecule has 0 atom stereocenters. The number of amides is 1. The second-order valence-electron chi connectivity index (χ2n) is 4.90. The van der Waals surface area contributed by atoms with Gasteiger partial charge in [-0.15, -0.1) is 0 Å². The highest BCUT2D eigenvalue weighted by Gasteiger charge is 2.08. The van der Waals surface area contributed by atoms with E-state index in [9.17, 15) is 4.79 Å². The maximum atomic E-state index is 12.0. The number of nitrogens with one attached hydrogen (secondary N) is 1. The van der Waals surface area contributed by atoms with Crippen LogP contribution in [0.4, 0.5) is 0 Å². The smallest absolute Gasteiger partial charge is 0.251 e. The molecule has 0 spiro atoms. The van der Waals surface area contributed by atoms with Crippen LogP contribution in [0.2, 0.25) is 0 Å². The lowest BCUT2D eigenvalue weighted by molar-refractivity contribution is 0.0953. The summed E-state index contributed by atoms with van der Waals surface area (Å²) >= 11 is 3.20. The summed E-state index contributed by atoms with van der Waals surface area (Å²) in [4.78, 5) is 12.0. The molecule has 1 aromatic rings. The van der Waals surface area contributed by atoms with Crippen molar-refractivity contribution >= 4 is 21.8 Å². The maximum Gasteiger partial charge on any atom is 0.251 e. The molecule has 1 aliphatic carbocycles. The van der Waals surface area contributed by atoms with Crippen LogP contribution in [0.15, 0.2) is 35.9 Å². The average molecular weight is 338 g/mol. The van der Waals surface area contributed by atoms with Crippen molar-refractivity contribution in [3.63, 3.8) is 0 Å². The lowest BCUT2D eigenvalue weighted by atomic mass is 9.97. The number of benzene rings is 1. The van der Waals surface area contributed by atoms with Crippen LogP contribution in [-0.4, -0.2) is 18.0 Å². The molecule has 2 rings (SSSR count). The van der Waals surface area contributed by atoms with E-state index >= 15 is 0 Å². The van der Waals surface area contributed by atoms with Gasteiger partial charge in [0, 0.05) is 12.1 Å². The van der Waals surface area contributed by atoms with Gasteiger partial charge in [-0.2, -0.15) is 0 Å². The first kappa shape index (κ1) is 15.1. The SMILES string of the molecule is O=C(NCCC1=CCCCC1)c1cccc(OCBr)c1. The van der Waals surface area contributed by atoms with Crippen LogP contribution in [0.1, 0.15) is 42.5 Å². The van der Waals surface area contributed by atoms with Gasteiger partial charge >= 0.3 is 0 Å². The van der Waals surface area contributed by atoms with Gasteiger partial charge in [-0.3, -0.25) is 4.79 Å². The standard InChI is InChI=1S/C16H20BrNO2/c17-12-20-15-8-4-7-14(11-15)16(19)18-10-9-13-5-2-1-3-6-13/h4-5,7-8,11H,1-3,6,9-10,12H2,(H,18,19). The van der Waals surface area contributed by atoms with Crippen molar-refractivity contribution in [3.8, 4) is 5.75 Å². The molecule has 0 saturated heterocycles. The number of hydrogen-bond donors (Lipinski definition) is 1. The number of carbonyl (C=O) groups is 1. The minimum absolute atomic E-state index is 0.0403. The Hall–Kier alpha value is -1.29. The largest absolute Gasteiger partial charge is 0.482 e. The summed E-state index contributed by atoms with van der Waals surface area (Å²) in [5.74, 6) is 0.658. The van der Waals surface area contributed by atoms with Gasteiger partial charge < -0.3 is 10.1 Å². The van der Waals surface area contributed by atoms with Gasteiger partial charge in [0.05, 0.1) is 0 Å². The molecule has 0 saturated carbocycles. The number of rotatable bonds is 6. The minimum atomic E-state index is -0.0403. The number of carbonyl (C=O) groups excluding carboxylic acids is 1. The highest BCUT2D eigenvalue weighted by molar-refractivity contribution is 9.09. The third-order valence-corrected chi connectivity index (χ3v) is 3.66. The molecule has 0 unspecified atom stereocenters. The zero-order chi connectivity index (χ0) is 14.2. The lowest BCUT2D eigenvalue weighted by Gasteiger charge is -2.13. The van der Waals surface area contributed by atoms with Crippen LogP contribution in [0.25, 0.3) is 0 Å². The average Bonchev–Trinajstić information content (AvgIpc) is 2.49. The van der Waals surface area contributed by atoms with Crippen molar-refractivity contribution in [1.82, 2.24) is 5.32 Å². The van der Waals surface area contributed by atoms with Crippen molar-refractivity contribution < 1.29 is 9.53 Å². The first-order valence-corrected chi connectivity index (χ1v) is 8.16. The number of halogens is 1. The molecule has 0 aromatic heterocycles. The molecule has 0 heterocycles. The normalized spacial score (nSPS) is 14.6.